The number of rotatable bonds is 3. The smallest absolute Gasteiger partial charge is 0.444 e. The molecular weight excluding hydrogens is 338 g/mol. The molecule has 0 radical (unpaired) electrons. The summed E-state index contributed by atoms with van der Waals surface area (Å²) in [6.45, 7) is 12.7. The minimum Gasteiger partial charge on any atom is -0.444 e. The van der Waals surface area contributed by atoms with Gasteiger partial charge in [-0.15, -0.1) is 0 Å². The van der Waals surface area contributed by atoms with Crippen molar-refractivity contribution in [3.05, 3.63) is 29.6 Å². The largest absolute Gasteiger partial charge is 0.525 e. The van der Waals surface area contributed by atoms with Crippen molar-refractivity contribution >= 4 is 25.1 Å². The van der Waals surface area contributed by atoms with Crippen LogP contribution in [0.15, 0.2) is 23.9 Å². The van der Waals surface area contributed by atoms with Gasteiger partial charge in [-0.05, 0) is 66.7 Å². The first-order valence-corrected chi connectivity index (χ1v) is 8.49. The molecule has 1 N–H and O–H groups in total. The lowest BCUT2D eigenvalue weighted by molar-refractivity contribution is 0.00578. The van der Waals surface area contributed by atoms with Crippen LogP contribution in [0.3, 0.4) is 0 Å². The Morgan fingerprint density at radius 2 is 1.81 bits per heavy atom. The molecule has 0 aromatic carbocycles. The van der Waals surface area contributed by atoms with Crippen molar-refractivity contribution in [1.29, 1.82) is 0 Å². The fraction of sp³-hybridized carbons (Fsp3) is 0.556. The van der Waals surface area contributed by atoms with Crippen molar-refractivity contribution < 1.29 is 23.2 Å². The number of hydrogen-bond donors (Lipinski definition) is 1. The molecule has 2 rings (SSSR count). The Morgan fingerprint density at radius 3 is 2.35 bits per heavy atom. The Balaban J connectivity index is 2.10. The average molecular weight is 364 g/mol. The number of hydrogen-bond acceptors (Lipinski definition) is 5. The van der Waals surface area contributed by atoms with Gasteiger partial charge in [0.15, 0.2) is 0 Å². The third-order valence-electron chi connectivity index (χ3n) is 4.16. The Hall–Kier alpha value is -1.93. The molecule has 8 heteroatoms. The molecule has 1 aliphatic rings. The number of carbonyl (C=O) groups is 1. The van der Waals surface area contributed by atoms with Crippen molar-refractivity contribution in [2.24, 2.45) is 0 Å². The Labute approximate surface area is 154 Å². The molecule has 6 nitrogen and oxygen atoms in total. The van der Waals surface area contributed by atoms with Gasteiger partial charge in [-0.1, -0.05) is 6.07 Å². The first kappa shape index (κ1) is 20.4. The molecule has 0 aliphatic carbocycles. The number of pyridine rings is 1. The van der Waals surface area contributed by atoms with Gasteiger partial charge in [0.05, 0.1) is 16.9 Å². The zero-order valence-electron chi connectivity index (χ0n) is 16.3. The molecule has 26 heavy (non-hydrogen) atoms. The molecule has 1 saturated heterocycles. The van der Waals surface area contributed by atoms with Gasteiger partial charge in [0.25, 0.3) is 0 Å². The van der Waals surface area contributed by atoms with Crippen LogP contribution in [0.4, 0.5) is 15.0 Å². The van der Waals surface area contributed by atoms with Crippen molar-refractivity contribution in [3.63, 3.8) is 0 Å². The first-order chi connectivity index (χ1) is 11.8. The Kier molecular flexibility index (Phi) is 5.49. The van der Waals surface area contributed by atoms with Crippen LogP contribution in [0.25, 0.3) is 6.08 Å². The van der Waals surface area contributed by atoms with E-state index in [-0.39, 0.29) is 5.82 Å². The Morgan fingerprint density at radius 1 is 1.23 bits per heavy atom. The van der Waals surface area contributed by atoms with Gasteiger partial charge in [-0.2, -0.15) is 0 Å². The SMILES string of the molecule is CC(C)(C)OC(=O)Nc1cccc(C=C(F)B2OC(C)(C)C(C)(C)O2)n1. The molecule has 0 atom stereocenters. The quantitative estimate of drug-likeness (QED) is 0.807. The summed E-state index contributed by atoms with van der Waals surface area (Å²) in [5.41, 5.74) is -2.15. The summed E-state index contributed by atoms with van der Waals surface area (Å²) in [4.78, 5) is 16.0. The first-order valence-electron chi connectivity index (χ1n) is 8.49. The molecule has 2 heterocycles. The number of nitrogens with one attached hydrogen (secondary N) is 1. The van der Waals surface area contributed by atoms with Crippen LogP contribution in [0.1, 0.15) is 54.2 Å². The van der Waals surface area contributed by atoms with Crippen molar-refractivity contribution in [2.75, 3.05) is 5.32 Å². The van der Waals surface area contributed by atoms with Crippen LogP contribution >= 0.6 is 0 Å². The molecule has 0 spiro atoms. The molecule has 1 fully saturated rings. The van der Waals surface area contributed by atoms with Gasteiger partial charge in [-0.25, -0.2) is 14.2 Å². The summed E-state index contributed by atoms with van der Waals surface area (Å²) >= 11 is 0. The maximum Gasteiger partial charge on any atom is 0.525 e. The molecular formula is C18H26BFN2O4. The number of aromatic nitrogens is 1. The third kappa shape index (κ3) is 5.05. The van der Waals surface area contributed by atoms with Crippen LogP contribution in [0, 0.1) is 0 Å². The monoisotopic (exact) mass is 364 g/mol. The summed E-state index contributed by atoms with van der Waals surface area (Å²) in [6, 6.07) is 4.86. The van der Waals surface area contributed by atoms with Crippen LogP contribution in [-0.2, 0) is 14.0 Å². The number of nitrogens with zero attached hydrogens (tertiary/aromatic N) is 1. The zero-order chi connectivity index (χ0) is 19.8. The van der Waals surface area contributed by atoms with Crippen LogP contribution in [0.5, 0.6) is 0 Å². The van der Waals surface area contributed by atoms with Gasteiger partial charge < -0.3 is 14.0 Å². The number of halogens is 1. The van der Waals surface area contributed by atoms with Crippen molar-refractivity contribution in [3.8, 4) is 0 Å². The highest BCUT2D eigenvalue weighted by Gasteiger charge is 2.53. The van der Waals surface area contributed by atoms with E-state index in [1.165, 1.54) is 6.08 Å². The predicted molar refractivity (Wildman–Crippen MR) is 99.3 cm³/mol. The summed E-state index contributed by atoms with van der Waals surface area (Å²) in [7, 11) is -1.09. The maximum absolute atomic E-state index is 14.6. The molecule has 1 aliphatic heterocycles. The second kappa shape index (κ2) is 7.00. The molecule has 1 amide bonds. The van der Waals surface area contributed by atoms with E-state index in [0.29, 0.717) is 5.69 Å². The minimum absolute atomic E-state index is 0.259. The third-order valence-corrected chi connectivity index (χ3v) is 4.16. The van der Waals surface area contributed by atoms with Gasteiger partial charge in [-0.3, -0.25) is 5.32 Å². The van der Waals surface area contributed by atoms with Gasteiger partial charge in [0.2, 0.25) is 0 Å². The lowest BCUT2D eigenvalue weighted by Crippen LogP contribution is -2.41. The highest BCUT2D eigenvalue weighted by Crippen LogP contribution is 2.39. The summed E-state index contributed by atoms with van der Waals surface area (Å²) in [5.74, 6) is 0.259. The highest BCUT2D eigenvalue weighted by molar-refractivity contribution is 6.54. The van der Waals surface area contributed by atoms with E-state index < -0.39 is 35.7 Å². The maximum atomic E-state index is 14.6. The van der Waals surface area contributed by atoms with Crippen LogP contribution in [0.2, 0.25) is 0 Å². The van der Waals surface area contributed by atoms with Gasteiger partial charge >= 0.3 is 13.2 Å². The normalized spacial score (nSPS) is 19.4. The fourth-order valence-electron chi connectivity index (χ4n) is 2.17. The number of amides is 1. The van der Waals surface area contributed by atoms with E-state index in [1.807, 2.05) is 27.7 Å². The van der Waals surface area contributed by atoms with E-state index in [0.717, 1.165) is 0 Å². The number of anilines is 1. The second-order valence-corrected chi connectivity index (χ2v) is 8.19. The minimum atomic E-state index is -1.09. The van der Waals surface area contributed by atoms with Gasteiger partial charge in [0.1, 0.15) is 17.1 Å². The molecule has 0 unspecified atom stereocenters. The molecule has 1 aromatic heterocycles. The molecule has 0 bridgehead atoms. The van der Waals surface area contributed by atoms with E-state index in [4.69, 9.17) is 14.0 Å². The molecule has 0 saturated carbocycles. The average Bonchev–Trinajstić information content (AvgIpc) is 2.65. The predicted octanol–water partition coefficient (Wildman–Crippen LogP) is 4.37. The summed E-state index contributed by atoms with van der Waals surface area (Å²) in [5, 5.41) is 2.52. The fourth-order valence-corrected chi connectivity index (χ4v) is 2.17. The molecule has 142 valence electrons. The standard InChI is InChI=1S/C18H26BFN2O4/c1-16(2,3)24-15(23)22-14-10-8-9-12(21-14)11-13(20)19-25-17(4,5)18(6,7)26-19/h8-11H,1-7H3,(H,21,22,23). The van der Waals surface area contributed by atoms with Crippen LogP contribution < -0.4 is 5.32 Å². The van der Waals surface area contributed by atoms with E-state index in [1.54, 1.807) is 39.0 Å². The topological polar surface area (TPSA) is 69.7 Å². The number of ether oxygens (including phenoxy) is 1. The highest BCUT2D eigenvalue weighted by atomic mass is 19.1. The zero-order valence-corrected chi connectivity index (χ0v) is 16.3. The summed E-state index contributed by atoms with van der Waals surface area (Å²) < 4.78 is 31.1. The lowest BCUT2D eigenvalue weighted by atomic mass is 9.87. The summed E-state index contributed by atoms with van der Waals surface area (Å²) in [6.07, 6.45) is 0.597. The van der Waals surface area contributed by atoms with E-state index >= 15 is 0 Å². The van der Waals surface area contributed by atoms with E-state index in [2.05, 4.69) is 10.3 Å². The van der Waals surface area contributed by atoms with Crippen molar-refractivity contribution in [2.45, 2.75) is 65.3 Å². The Bertz CT molecular complexity index is 697. The van der Waals surface area contributed by atoms with Gasteiger partial charge in [0, 0.05) is 0 Å². The lowest BCUT2D eigenvalue weighted by Gasteiger charge is -2.32. The molecule has 1 aromatic rings. The van der Waals surface area contributed by atoms with Crippen LogP contribution in [-0.4, -0.2) is 35.0 Å². The van der Waals surface area contributed by atoms with E-state index in [9.17, 15) is 9.18 Å². The second-order valence-electron chi connectivity index (χ2n) is 8.19. The number of carbonyl (C=O) groups excluding carboxylic acids is 1. The van der Waals surface area contributed by atoms with Crippen molar-refractivity contribution in [1.82, 2.24) is 4.98 Å².